The molecule has 1 aliphatic heterocycles. The molecule has 0 radical (unpaired) electrons. The second kappa shape index (κ2) is 1.91. The topological polar surface area (TPSA) is 32.3 Å². The molecule has 1 heterocycles. The Hall–Kier alpha value is -0.280. The normalized spacial score (nSPS) is 34.8. The van der Waals surface area contributed by atoms with Gasteiger partial charge in [0.05, 0.1) is 0 Å². The molecule has 1 aliphatic rings. The van der Waals surface area contributed by atoms with Gasteiger partial charge in [0, 0.05) is 0 Å². The van der Waals surface area contributed by atoms with Gasteiger partial charge in [-0.05, 0) is 34.3 Å². The van der Waals surface area contributed by atoms with Crippen molar-refractivity contribution >= 4 is 15.9 Å². The number of aliphatic hydroxyl groups is 1. The van der Waals surface area contributed by atoms with Crippen molar-refractivity contribution < 1.29 is 5.11 Å². The first-order valence-corrected chi connectivity index (χ1v) is 3.03. The lowest BCUT2D eigenvalue weighted by molar-refractivity contribution is 0.172. The summed E-state index contributed by atoms with van der Waals surface area (Å²) in [7, 11) is 0. The number of dihydropyridines is 1. The maximum atomic E-state index is 9.04. The molecule has 0 saturated heterocycles. The molecule has 1 unspecified atom stereocenters. The maximum absolute atomic E-state index is 9.04. The van der Waals surface area contributed by atoms with Gasteiger partial charge >= 0.3 is 0 Å². The van der Waals surface area contributed by atoms with Crippen molar-refractivity contribution in [3.05, 3.63) is 24.4 Å². The maximum Gasteiger partial charge on any atom is 0.213 e. The van der Waals surface area contributed by atoms with E-state index in [0.29, 0.717) is 0 Å². The Bertz CT molecular complexity index is 139. The molecular formula is C5H6BrNO. The Morgan fingerprint density at radius 2 is 2.25 bits per heavy atom. The van der Waals surface area contributed by atoms with Crippen LogP contribution in [0, 0.1) is 0 Å². The lowest BCUT2D eigenvalue weighted by Crippen LogP contribution is -2.33. The van der Waals surface area contributed by atoms with Gasteiger partial charge in [0.2, 0.25) is 4.63 Å². The molecule has 0 fully saturated rings. The predicted octanol–water partition coefficient (Wildman–Crippen LogP) is 0.701. The van der Waals surface area contributed by atoms with Gasteiger partial charge in [-0.3, -0.25) is 0 Å². The summed E-state index contributed by atoms with van der Waals surface area (Å²) in [6.07, 6.45) is 6.82. The molecule has 2 N–H and O–H groups in total. The Morgan fingerprint density at radius 1 is 1.50 bits per heavy atom. The molecule has 0 aromatic carbocycles. The summed E-state index contributed by atoms with van der Waals surface area (Å²) in [5, 5.41) is 11.7. The van der Waals surface area contributed by atoms with Crippen molar-refractivity contribution in [1.82, 2.24) is 5.32 Å². The molecule has 1 atom stereocenters. The van der Waals surface area contributed by atoms with E-state index in [2.05, 4.69) is 21.2 Å². The van der Waals surface area contributed by atoms with E-state index in [-0.39, 0.29) is 0 Å². The molecule has 0 aromatic rings. The summed E-state index contributed by atoms with van der Waals surface area (Å²) < 4.78 is -1.03. The van der Waals surface area contributed by atoms with Crippen LogP contribution >= 0.6 is 15.9 Å². The summed E-state index contributed by atoms with van der Waals surface area (Å²) in [6.45, 7) is 0. The van der Waals surface area contributed by atoms with E-state index in [0.717, 1.165) is 0 Å². The highest BCUT2D eigenvalue weighted by Crippen LogP contribution is 2.13. The van der Waals surface area contributed by atoms with E-state index in [1.165, 1.54) is 0 Å². The quantitative estimate of drug-likeness (QED) is 0.420. The first-order valence-electron chi connectivity index (χ1n) is 2.24. The lowest BCUT2D eigenvalue weighted by atomic mass is 10.4. The van der Waals surface area contributed by atoms with Crippen LogP contribution in [0.25, 0.3) is 0 Å². The highest BCUT2D eigenvalue weighted by atomic mass is 79.9. The predicted molar refractivity (Wildman–Crippen MR) is 35.3 cm³/mol. The molecule has 44 valence electrons. The van der Waals surface area contributed by atoms with Gasteiger partial charge in [-0.2, -0.15) is 0 Å². The van der Waals surface area contributed by atoms with Crippen LogP contribution < -0.4 is 5.32 Å². The lowest BCUT2D eigenvalue weighted by Gasteiger charge is -2.18. The van der Waals surface area contributed by atoms with Crippen LogP contribution in [0.1, 0.15) is 0 Å². The average Bonchev–Trinajstić information content (AvgIpc) is 1.65. The van der Waals surface area contributed by atoms with Crippen molar-refractivity contribution in [3.63, 3.8) is 0 Å². The van der Waals surface area contributed by atoms with Crippen molar-refractivity contribution in [2.75, 3.05) is 0 Å². The van der Waals surface area contributed by atoms with Crippen LogP contribution in [0.5, 0.6) is 0 Å². The highest BCUT2D eigenvalue weighted by molar-refractivity contribution is 9.10. The number of alkyl halides is 1. The van der Waals surface area contributed by atoms with Gasteiger partial charge in [-0.15, -0.1) is 0 Å². The summed E-state index contributed by atoms with van der Waals surface area (Å²) in [4.78, 5) is 0. The molecule has 0 aromatic heterocycles. The molecular weight excluding hydrogens is 170 g/mol. The van der Waals surface area contributed by atoms with E-state index < -0.39 is 4.63 Å². The zero-order valence-corrected chi connectivity index (χ0v) is 5.72. The Morgan fingerprint density at radius 3 is 2.50 bits per heavy atom. The van der Waals surface area contributed by atoms with Gasteiger partial charge in [-0.25, -0.2) is 0 Å². The van der Waals surface area contributed by atoms with E-state index in [9.17, 15) is 0 Å². The number of allylic oxidation sites excluding steroid dienone is 2. The molecule has 0 amide bonds. The van der Waals surface area contributed by atoms with E-state index in [1.54, 1.807) is 24.4 Å². The first kappa shape index (κ1) is 5.85. The van der Waals surface area contributed by atoms with E-state index in [4.69, 9.17) is 5.11 Å². The minimum absolute atomic E-state index is 1.03. The number of hydrogen-bond acceptors (Lipinski definition) is 2. The molecule has 0 bridgehead atoms. The molecule has 0 aliphatic carbocycles. The molecule has 0 saturated carbocycles. The van der Waals surface area contributed by atoms with E-state index in [1.807, 2.05) is 0 Å². The fourth-order valence-electron chi connectivity index (χ4n) is 0.452. The highest BCUT2D eigenvalue weighted by Gasteiger charge is 2.15. The summed E-state index contributed by atoms with van der Waals surface area (Å²) in [5.41, 5.74) is 0. The fourth-order valence-corrected chi connectivity index (χ4v) is 0.737. The van der Waals surface area contributed by atoms with E-state index >= 15 is 0 Å². The fraction of sp³-hybridized carbons (Fsp3) is 0.200. The number of hydrogen-bond donors (Lipinski definition) is 2. The Balaban J connectivity index is 2.65. The van der Waals surface area contributed by atoms with Crippen molar-refractivity contribution in [1.29, 1.82) is 0 Å². The Kier molecular flexibility index (Phi) is 1.40. The Labute approximate surface area is 56.0 Å². The number of nitrogens with one attached hydrogen (secondary N) is 1. The zero-order valence-electron chi connectivity index (χ0n) is 4.13. The molecule has 3 heteroatoms. The third kappa shape index (κ3) is 1.35. The molecule has 1 rings (SSSR count). The smallest absolute Gasteiger partial charge is 0.213 e. The van der Waals surface area contributed by atoms with Crippen molar-refractivity contribution in [2.24, 2.45) is 0 Å². The third-order valence-corrected chi connectivity index (χ3v) is 1.30. The van der Waals surface area contributed by atoms with Gasteiger partial charge in [0.25, 0.3) is 0 Å². The van der Waals surface area contributed by atoms with Gasteiger partial charge < -0.3 is 10.4 Å². The van der Waals surface area contributed by atoms with Crippen molar-refractivity contribution in [3.8, 4) is 0 Å². The molecule has 2 nitrogen and oxygen atoms in total. The zero-order chi connectivity index (χ0) is 6.04. The molecule has 8 heavy (non-hydrogen) atoms. The van der Waals surface area contributed by atoms with Gasteiger partial charge in [-0.1, -0.05) is 6.08 Å². The SMILES string of the molecule is OC1(Br)C=CC=CN1. The number of halogens is 1. The summed E-state index contributed by atoms with van der Waals surface area (Å²) in [5.74, 6) is 0. The van der Waals surface area contributed by atoms with Crippen LogP contribution in [-0.2, 0) is 0 Å². The standard InChI is InChI=1S/C5H6BrNO/c6-5(8)3-1-2-4-7-5/h1-4,7-8H. The first-order chi connectivity index (χ1) is 3.71. The molecule has 0 spiro atoms. The van der Waals surface area contributed by atoms with Crippen molar-refractivity contribution in [2.45, 2.75) is 4.63 Å². The minimum atomic E-state index is -1.03. The van der Waals surface area contributed by atoms with Crippen LogP contribution in [0.4, 0.5) is 0 Å². The summed E-state index contributed by atoms with van der Waals surface area (Å²) in [6, 6.07) is 0. The largest absolute Gasteiger partial charge is 0.359 e. The third-order valence-electron chi connectivity index (χ3n) is 0.810. The van der Waals surface area contributed by atoms with Gasteiger partial charge in [0.15, 0.2) is 0 Å². The number of rotatable bonds is 0. The second-order valence-electron chi connectivity index (χ2n) is 1.54. The monoisotopic (exact) mass is 175 g/mol. The van der Waals surface area contributed by atoms with Crippen LogP contribution in [0.2, 0.25) is 0 Å². The van der Waals surface area contributed by atoms with Crippen LogP contribution in [-0.4, -0.2) is 9.74 Å². The second-order valence-corrected chi connectivity index (χ2v) is 2.74. The van der Waals surface area contributed by atoms with Crippen LogP contribution in [0.15, 0.2) is 24.4 Å². The van der Waals surface area contributed by atoms with Gasteiger partial charge in [0.1, 0.15) is 0 Å². The minimum Gasteiger partial charge on any atom is -0.359 e. The van der Waals surface area contributed by atoms with Crippen LogP contribution in [0.3, 0.4) is 0 Å². The average molecular weight is 176 g/mol. The summed E-state index contributed by atoms with van der Waals surface area (Å²) >= 11 is 3.00.